The number of carbonyl (C=O) groups excluding carboxylic acids is 2. The van der Waals surface area contributed by atoms with Crippen LogP contribution in [-0.4, -0.2) is 28.2 Å². The first-order valence-electron chi connectivity index (χ1n) is 5.49. The van der Waals surface area contributed by atoms with E-state index in [9.17, 15) is 29.8 Å². The number of carbonyl (C=O) groups is 2. The molecular weight excluding hydrogens is 272 g/mol. The maximum absolute atomic E-state index is 11.9. The van der Waals surface area contributed by atoms with Gasteiger partial charge in [0.1, 0.15) is 6.42 Å². The molecule has 1 aromatic rings. The lowest BCUT2D eigenvalue weighted by Gasteiger charge is -2.03. The molecule has 0 amide bonds. The molecule has 0 atom stereocenters. The molecule has 0 radical (unpaired) electrons. The molecular formula is C11H10N2O7. The summed E-state index contributed by atoms with van der Waals surface area (Å²) in [5, 5.41) is 21.7. The summed E-state index contributed by atoms with van der Waals surface area (Å²) in [6.07, 6.45) is -0.792. The zero-order valence-electron chi connectivity index (χ0n) is 10.4. The second-order valence-electron chi connectivity index (χ2n) is 3.59. The van der Waals surface area contributed by atoms with Gasteiger partial charge in [0.25, 0.3) is 11.4 Å². The average Bonchev–Trinajstić information content (AvgIpc) is 2.37. The Morgan fingerprint density at radius 3 is 2.05 bits per heavy atom. The lowest BCUT2D eigenvalue weighted by atomic mass is 10.0. The average molecular weight is 282 g/mol. The molecule has 0 aliphatic heterocycles. The van der Waals surface area contributed by atoms with E-state index in [1.807, 2.05) is 0 Å². The summed E-state index contributed by atoms with van der Waals surface area (Å²) in [5.74, 6) is -1.92. The molecule has 1 aromatic carbocycles. The third-order valence-electron chi connectivity index (χ3n) is 2.30. The van der Waals surface area contributed by atoms with Gasteiger partial charge in [-0.2, -0.15) is 0 Å². The van der Waals surface area contributed by atoms with Crippen molar-refractivity contribution in [3.05, 3.63) is 44.0 Å². The fraction of sp³-hybridized carbons (Fsp3) is 0.273. The third-order valence-corrected chi connectivity index (χ3v) is 2.30. The van der Waals surface area contributed by atoms with Crippen LogP contribution in [0.4, 0.5) is 11.4 Å². The highest BCUT2D eigenvalue weighted by Crippen LogP contribution is 2.29. The number of ether oxygens (including phenoxy) is 1. The van der Waals surface area contributed by atoms with Crippen molar-refractivity contribution in [1.29, 1.82) is 0 Å². The minimum absolute atomic E-state index is 0.0328. The molecule has 0 bridgehead atoms. The van der Waals surface area contributed by atoms with Crippen LogP contribution >= 0.6 is 0 Å². The van der Waals surface area contributed by atoms with Crippen LogP contribution in [0.2, 0.25) is 0 Å². The maximum atomic E-state index is 11.9. The predicted molar refractivity (Wildman–Crippen MR) is 65.3 cm³/mol. The Labute approximate surface area is 112 Å². The summed E-state index contributed by atoms with van der Waals surface area (Å²) in [4.78, 5) is 42.9. The SMILES string of the molecule is CCOC(=O)CC(=O)c1c([N+](=O)[O-])cccc1[N+](=O)[O-]. The van der Waals surface area contributed by atoms with Gasteiger partial charge in [-0.05, 0) is 13.0 Å². The number of nitro benzene ring substituents is 2. The molecule has 0 fully saturated rings. The molecule has 0 N–H and O–H groups in total. The number of hydrogen-bond donors (Lipinski definition) is 0. The summed E-state index contributed by atoms with van der Waals surface area (Å²) in [6.45, 7) is 1.56. The van der Waals surface area contributed by atoms with Crippen LogP contribution < -0.4 is 0 Å². The highest BCUT2D eigenvalue weighted by molar-refractivity contribution is 6.10. The van der Waals surface area contributed by atoms with Crippen molar-refractivity contribution in [1.82, 2.24) is 0 Å². The second kappa shape index (κ2) is 6.36. The lowest BCUT2D eigenvalue weighted by Crippen LogP contribution is -2.14. The van der Waals surface area contributed by atoms with Crippen LogP contribution in [-0.2, 0) is 9.53 Å². The Bertz CT molecular complexity index is 550. The van der Waals surface area contributed by atoms with Crippen molar-refractivity contribution in [2.75, 3.05) is 6.61 Å². The predicted octanol–water partition coefficient (Wildman–Crippen LogP) is 1.64. The van der Waals surface area contributed by atoms with E-state index in [-0.39, 0.29) is 6.61 Å². The molecule has 1 rings (SSSR count). The van der Waals surface area contributed by atoms with Crippen molar-refractivity contribution in [2.24, 2.45) is 0 Å². The number of esters is 1. The third kappa shape index (κ3) is 3.34. The van der Waals surface area contributed by atoms with E-state index in [0.717, 1.165) is 18.2 Å². The maximum Gasteiger partial charge on any atom is 0.313 e. The number of benzene rings is 1. The number of rotatable bonds is 6. The molecule has 0 saturated carbocycles. The molecule has 0 spiro atoms. The largest absolute Gasteiger partial charge is 0.466 e. The van der Waals surface area contributed by atoms with E-state index in [4.69, 9.17) is 0 Å². The smallest absolute Gasteiger partial charge is 0.313 e. The van der Waals surface area contributed by atoms with Gasteiger partial charge in [-0.1, -0.05) is 0 Å². The molecule has 106 valence electrons. The number of nitrogens with zero attached hydrogens (tertiary/aromatic N) is 2. The van der Waals surface area contributed by atoms with E-state index in [2.05, 4.69) is 4.74 Å². The molecule has 9 nitrogen and oxygen atoms in total. The highest BCUT2D eigenvalue weighted by atomic mass is 16.6. The Morgan fingerprint density at radius 1 is 1.15 bits per heavy atom. The van der Waals surface area contributed by atoms with E-state index in [0.29, 0.717) is 0 Å². The van der Waals surface area contributed by atoms with Gasteiger partial charge >= 0.3 is 5.97 Å². The minimum Gasteiger partial charge on any atom is -0.466 e. The highest BCUT2D eigenvalue weighted by Gasteiger charge is 2.31. The van der Waals surface area contributed by atoms with Gasteiger partial charge in [0, 0.05) is 12.1 Å². The van der Waals surface area contributed by atoms with Crippen LogP contribution in [0.25, 0.3) is 0 Å². The number of hydrogen-bond acceptors (Lipinski definition) is 7. The van der Waals surface area contributed by atoms with Gasteiger partial charge in [-0.3, -0.25) is 29.8 Å². The van der Waals surface area contributed by atoms with Gasteiger partial charge in [0.05, 0.1) is 16.5 Å². The van der Waals surface area contributed by atoms with Crippen LogP contribution in [0.5, 0.6) is 0 Å². The lowest BCUT2D eigenvalue weighted by molar-refractivity contribution is -0.394. The summed E-state index contributed by atoms with van der Waals surface area (Å²) in [7, 11) is 0. The van der Waals surface area contributed by atoms with Gasteiger partial charge in [0.2, 0.25) is 0 Å². The Hall–Kier alpha value is -2.84. The fourth-order valence-corrected chi connectivity index (χ4v) is 1.55. The molecule has 0 saturated heterocycles. The van der Waals surface area contributed by atoms with Crippen molar-refractivity contribution in [3.63, 3.8) is 0 Å². The number of Topliss-reactive ketones (excluding diaryl/α,β-unsaturated/α-hetero) is 1. The van der Waals surface area contributed by atoms with Gasteiger partial charge in [0.15, 0.2) is 11.3 Å². The van der Waals surface area contributed by atoms with E-state index < -0.39 is 45.0 Å². The normalized spacial score (nSPS) is 9.85. The monoisotopic (exact) mass is 282 g/mol. The van der Waals surface area contributed by atoms with Gasteiger partial charge < -0.3 is 4.74 Å². The summed E-state index contributed by atoms with van der Waals surface area (Å²) < 4.78 is 4.54. The molecule has 0 aromatic heterocycles. The topological polar surface area (TPSA) is 130 Å². The standard InChI is InChI=1S/C11H10N2O7/c1-2-20-10(15)6-9(14)11-7(12(16)17)4-3-5-8(11)13(18)19/h3-5H,2,6H2,1H3. The molecule has 0 unspecified atom stereocenters. The van der Waals surface area contributed by atoms with E-state index in [1.165, 1.54) is 6.92 Å². The van der Waals surface area contributed by atoms with Crippen molar-refractivity contribution < 1.29 is 24.2 Å². The second-order valence-corrected chi connectivity index (χ2v) is 3.59. The molecule has 0 aliphatic carbocycles. The van der Waals surface area contributed by atoms with Crippen molar-refractivity contribution in [3.8, 4) is 0 Å². The van der Waals surface area contributed by atoms with E-state index in [1.54, 1.807) is 0 Å². The molecule has 0 aliphatic rings. The molecule has 20 heavy (non-hydrogen) atoms. The first-order chi connectivity index (χ1) is 9.38. The molecule has 0 heterocycles. The van der Waals surface area contributed by atoms with Crippen LogP contribution in [0, 0.1) is 20.2 Å². The van der Waals surface area contributed by atoms with Crippen LogP contribution in [0.15, 0.2) is 18.2 Å². The van der Waals surface area contributed by atoms with Gasteiger partial charge in [-0.15, -0.1) is 0 Å². The zero-order valence-corrected chi connectivity index (χ0v) is 10.4. The fourth-order valence-electron chi connectivity index (χ4n) is 1.55. The Morgan fingerprint density at radius 2 is 1.65 bits per heavy atom. The van der Waals surface area contributed by atoms with Crippen LogP contribution in [0.1, 0.15) is 23.7 Å². The quantitative estimate of drug-likeness (QED) is 0.255. The number of ketones is 1. The van der Waals surface area contributed by atoms with Crippen LogP contribution in [0.3, 0.4) is 0 Å². The summed E-state index contributed by atoms with van der Waals surface area (Å²) in [5.41, 5.74) is -2.13. The first-order valence-corrected chi connectivity index (χ1v) is 5.49. The van der Waals surface area contributed by atoms with E-state index >= 15 is 0 Å². The van der Waals surface area contributed by atoms with Gasteiger partial charge in [-0.25, -0.2) is 0 Å². The van der Waals surface area contributed by atoms with Crippen molar-refractivity contribution in [2.45, 2.75) is 13.3 Å². The first kappa shape index (κ1) is 15.2. The Balaban J connectivity index is 3.26. The summed E-state index contributed by atoms with van der Waals surface area (Å²) in [6, 6.07) is 3.02. The number of nitro groups is 2. The summed E-state index contributed by atoms with van der Waals surface area (Å²) >= 11 is 0. The van der Waals surface area contributed by atoms with Crippen molar-refractivity contribution >= 4 is 23.1 Å². The Kier molecular flexibility index (Phi) is 4.84. The zero-order chi connectivity index (χ0) is 15.3. The molecule has 9 heteroatoms. The minimum atomic E-state index is -1.03.